The van der Waals surface area contributed by atoms with Crippen molar-refractivity contribution in [3.05, 3.63) is 47.7 Å². The molecule has 0 aliphatic carbocycles. The number of sulfonamides is 1. The van der Waals surface area contributed by atoms with Gasteiger partial charge in [0.05, 0.1) is 5.75 Å². The van der Waals surface area contributed by atoms with Gasteiger partial charge in [0.1, 0.15) is 6.04 Å². The monoisotopic (exact) mass is 323 g/mol. The van der Waals surface area contributed by atoms with E-state index in [0.717, 1.165) is 5.56 Å². The summed E-state index contributed by atoms with van der Waals surface area (Å²) in [6.45, 7) is 5.71. The van der Waals surface area contributed by atoms with Crippen LogP contribution in [0, 0.1) is 12.8 Å². The van der Waals surface area contributed by atoms with E-state index < -0.39 is 16.1 Å². The Morgan fingerprint density at radius 1 is 1.18 bits per heavy atom. The molecule has 0 fully saturated rings. The first-order valence-corrected chi connectivity index (χ1v) is 8.85. The Bertz CT molecular complexity index is 696. The van der Waals surface area contributed by atoms with E-state index in [0.29, 0.717) is 18.2 Å². The highest BCUT2D eigenvalue weighted by atomic mass is 32.2. The van der Waals surface area contributed by atoms with Gasteiger partial charge in [-0.3, -0.25) is 0 Å². The van der Waals surface area contributed by atoms with Crippen LogP contribution in [0.5, 0.6) is 0 Å². The fourth-order valence-corrected chi connectivity index (χ4v) is 3.52. The predicted molar refractivity (Wildman–Crippen MR) is 83.4 cm³/mol. The van der Waals surface area contributed by atoms with Crippen LogP contribution in [0.2, 0.25) is 0 Å². The van der Waals surface area contributed by atoms with Crippen molar-refractivity contribution in [2.45, 2.75) is 39.0 Å². The van der Waals surface area contributed by atoms with Crippen molar-refractivity contribution in [2.75, 3.05) is 0 Å². The second-order valence-electron chi connectivity index (χ2n) is 5.70. The Morgan fingerprint density at radius 3 is 2.41 bits per heavy atom. The molecule has 1 aromatic carbocycles. The van der Waals surface area contributed by atoms with Gasteiger partial charge in [-0.2, -0.15) is 0 Å². The molecule has 0 spiro atoms. The molecule has 0 radical (unpaired) electrons. The van der Waals surface area contributed by atoms with Gasteiger partial charge < -0.3 is 4.42 Å². The molecule has 0 aliphatic heterocycles. The zero-order chi connectivity index (χ0) is 16.2. The quantitative estimate of drug-likeness (QED) is 0.846. The molecule has 0 amide bonds. The smallest absolute Gasteiger partial charge is 0.234 e. The number of aryl methyl sites for hydroxylation is 1. The molecular weight excluding hydrogens is 302 g/mol. The average Bonchev–Trinajstić information content (AvgIpc) is 2.84. The molecule has 7 heteroatoms. The van der Waals surface area contributed by atoms with Crippen LogP contribution in [0.15, 0.2) is 34.7 Å². The fourth-order valence-electron chi connectivity index (χ4n) is 2.18. The van der Waals surface area contributed by atoms with Crippen molar-refractivity contribution in [3.8, 4) is 0 Å². The second-order valence-corrected chi connectivity index (χ2v) is 7.46. The Hall–Kier alpha value is -1.73. The maximum atomic E-state index is 12.4. The van der Waals surface area contributed by atoms with E-state index >= 15 is 0 Å². The van der Waals surface area contributed by atoms with Gasteiger partial charge in [-0.15, -0.1) is 10.2 Å². The molecule has 0 aliphatic rings. The van der Waals surface area contributed by atoms with Crippen molar-refractivity contribution >= 4 is 10.0 Å². The summed E-state index contributed by atoms with van der Waals surface area (Å²) in [6, 6.07) is 8.55. The number of hydrogen-bond donors (Lipinski definition) is 1. The van der Waals surface area contributed by atoms with Crippen LogP contribution in [0.1, 0.15) is 43.7 Å². The summed E-state index contributed by atoms with van der Waals surface area (Å²) >= 11 is 0. The summed E-state index contributed by atoms with van der Waals surface area (Å²) in [4.78, 5) is 0. The number of nitrogens with one attached hydrogen (secondary N) is 1. The molecule has 22 heavy (non-hydrogen) atoms. The van der Waals surface area contributed by atoms with Gasteiger partial charge in [-0.25, -0.2) is 13.1 Å². The Morgan fingerprint density at radius 2 is 1.86 bits per heavy atom. The maximum absolute atomic E-state index is 12.4. The molecule has 2 rings (SSSR count). The number of aromatic nitrogens is 2. The lowest BCUT2D eigenvalue weighted by molar-refractivity contribution is 0.372. The summed E-state index contributed by atoms with van der Waals surface area (Å²) in [7, 11) is -3.50. The molecular formula is C15H21N3O3S. The Kier molecular flexibility index (Phi) is 5.31. The third kappa shape index (κ3) is 4.92. The fraction of sp³-hybridized carbons (Fsp3) is 0.467. The van der Waals surface area contributed by atoms with E-state index in [1.165, 1.54) is 0 Å². The molecule has 2 aromatic rings. The van der Waals surface area contributed by atoms with Crippen molar-refractivity contribution < 1.29 is 12.8 Å². The minimum Gasteiger partial charge on any atom is -0.424 e. The molecule has 1 heterocycles. The first kappa shape index (κ1) is 16.6. The molecule has 0 saturated heterocycles. The lowest BCUT2D eigenvalue weighted by atomic mass is 10.0. The van der Waals surface area contributed by atoms with E-state index in [4.69, 9.17) is 4.42 Å². The Labute approximate surface area is 131 Å². The van der Waals surface area contributed by atoms with Gasteiger partial charge in [0.25, 0.3) is 0 Å². The summed E-state index contributed by atoms with van der Waals surface area (Å²) in [5.41, 5.74) is 0.736. The first-order chi connectivity index (χ1) is 10.4. The van der Waals surface area contributed by atoms with Gasteiger partial charge in [-0.1, -0.05) is 44.2 Å². The predicted octanol–water partition coefficient (Wildman–Crippen LogP) is 2.58. The van der Waals surface area contributed by atoms with Crippen LogP contribution in [-0.4, -0.2) is 18.6 Å². The van der Waals surface area contributed by atoms with Gasteiger partial charge in [-0.05, 0) is 17.9 Å². The number of nitrogens with zero attached hydrogens (tertiary/aromatic N) is 2. The van der Waals surface area contributed by atoms with E-state index in [9.17, 15) is 8.42 Å². The Balaban J connectivity index is 2.15. The average molecular weight is 323 g/mol. The van der Waals surface area contributed by atoms with Crippen LogP contribution >= 0.6 is 0 Å². The second kappa shape index (κ2) is 7.02. The summed E-state index contributed by atoms with van der Waals surface area (Å²) in [6.07, 6.45) is 0.593. The van der Waals surface area contributed by atoms with Crippen molar-refractivity contribution in [3.63, 3.8) is 0 Å². The zero-order valence-corrected chi connectivity index (χ0v) is 13.8. The molecule has 1 atom stereocenters. The van der Waals surface area contributed by atoms with Crippen molar-refractivity contribution in [2.24, 2.45) is 5.92 Å². The van der Waals surface area contributed by atoms with E-state index in [2.05, 4.69) is 14.9 Å². The SMILES string of the molecule is Cc1nnc(C(CC(C)C)NS(=O)(=O)Cc2ccccc2)o1. The normalized spacial score (nSPS) is 13.5. The van der Waals surface area contributed by atoms with Crippen molar-refractivity contribution in [1.29, 1.82) is 0 Å². The third-order valence-electron chi connectivity index (χ3n) is 3.07. The first-order valence-electron chi connectivity index (χ1n) is 7.19. The molecule has 6 nitrogen and oxygen atoms in total. The zero-order valence-electron chi connectivity index (χ0n) is 13.0. The molecule has 0 bridgehead atoms. The molecule has 1 N–H and O–H groups in total. The lowest BCUT2D eigenvalue weighted by Crippen LogP contribution is -2.31. The number of benzene rings is 1. The summed E-state index contributed by atoms with van der Waals surface area (Å²) in [5, 5.41) is 7.72. The van der Waals surface area contributed by atoms with E-state index in [1.54, 1.807) is 19.1 Å². The van der Waals surface area contributed by atoms with Gasteiger partial charge >= 0.3 is 0 Å². The highest BCUT2D eigenvalue weighted by Gasteiger charge is 2.25. The number of hydrogen-bond acceptors (Lipinski definition) is 5. The lowest BCUT2D eigenvalue weighted by Gasteiger charge is -2.17. The molecule has 120 valence electrons. The van der Waals surface area contributed by atoms with E-state index in [-0.39, 0.29) is 11.7 Å². The summed E-state index contributed by atoms with van der Waals surface area (Å²) in [5.74, 6) is 0.945. The minimum absolute atomic E-state index is 0.0739. The van der Waals surface area contributed by atoms with Crippen LogP contribution in [-0.2, 0) is 15.8 Å². The standard InChI is InChI=1S/C15H21N3O3S/c1-11(2)9-14(15-17-16-12(3)21-15)18-22(19,20)10-13-7-5-4-6-8-13/h4-8,11,14,18H,9-10H2,1-3H3. The van der Waals surface area contributed by atoms with E-state index in [1.807, 2.05) is 32.0 Å². The molecule has 1 aromatic heterocycles. The van der Waals surface area contributed by atoms with Crippen molar-refractivity contribution in [1.82, 2.24) is 14.9 Å². The number of rotatable bonds is 7. The highest BCUT2D eigenvalue weighted by molar-refractivity contribution is 7.88. The molecule has 1 unspecified atom stereocenters. The third-order valence-corrected chi connectivity index (χ3v) is 4.43. The largest absolute Gasteiger partial charge is 0.424 e. The van der Waals surface area contributed by atoms with Gasteiger partial charge in [0.15, 0.2) is 0 Å². The van der Waals surface area contributed by atoms with Gasteiger partial charge in [0.2, 0.25) is 21.8 Å². The summed E-state index contributed by atoms with van der Waals surface area (Å²) < 4.78 is 32.8. The topological polar surface area (TPSA) is 85.1 Å². The highest BCUT2D eigenvalue weighted by Crippen LogP contribution is 2.22. The maximum Gasteiger partial charge on any atom is 0.234 e. The van der Waals surface area contributed by atoms with Crippen LogP contribution < -0.4 is 4.72 Å². The van der Waals surface area contributed by atoms with Crippen LogP contribution in [0.25, 0.3) is 0 Å². The van der Waals surface area contributed by atoms with Crippen LogP contribution in [0.3, 0.4) is 0 Å². The minimum atomic E-state index is -3.50. The van der Waals surface area contributed by atoms with Crippen LogP contribution in [0.4, 0.5) is 0 Å². The van der Waals surface area contributed by atoms with Gasteiger partial charge in [0, 0.05) is 6.92 Å². The molecule has 0 saturated carbocycles.